The van der Waals surface area contributed by atoms with Crippen LogP contribution in [-0.4, -0.2) is 67.6 Å². The Morgan fingerprint density at radius 3 is 2.36 bits per heavy atom. The van der Waals surface area contributed by atoms with Crippen molar-refractivity contribution >= 4 is 38.2 Å². The number of nitrogens with one attached hydrogen (secondary N) is 2. The molecule has 0 spiro atoms. The molecule has 5 aromatic rings. The smallest absolute Gasteiger partial charge is 0.384 e. The highest BCUT2D eigenvalue weighted by Gasteiger charge is 2.36. The van der Waals surface area contributed by atoms with Gasteiger partial charge in [-0.25, -0.2) is 17.8 Å². The molecule has 0 aliphatic carbocycles. The maximum Gasteiger partial charge on any atom is 0.417 e. The Morgan fingerprint density at radius 1 is 0.980 bits per heavy atom. The number of piperazine rings is 1. The molecule has 3 aromatic carbocycles. The van der Waals surface area contributed by atoms with Crippen LogP contribution < -0.4 is 21.1 Å². The summed E-state index contributed by atoms with van der Waals surface area (Å²) in [4.78, 5) is 24.4. The summed E-state index contributed by atoms with van der Waals surface area (Å²) in [7, 11) is -2.83. The number of halogens is 4. The van der Waals surface area contributed by atoms with E-state index in [0.717, 1.165) is 16.7 Å². The van der Waals surface area contributed by atoms with Gasteiger partial charge in [-0.1, -0.05) is 24.3 Å². The van der Waals surface area contributed by atoms with Crippen molar-refractivity contribution in [2.45, 2.75) is 37.0 Å². The van der Waals surface area contributed by atoms with E-state index >= 15 is 4.39 Å². The average molecular weight is 711 g/mol. The molecule has 3 heterocycles. The molecule has 1 fully saturated rings. The van der Waals surface area contributed by atoms with Gasteiger partial charge in [-0.3, -0.25) is 9.36 Å². The second-order valence-corrected chi connectivity index (χ2v) is 14.3. The lowest BCUT2D eigenvalue weighted by molar-refractivity contribution is -0.137. The van der Waals surface area contributed by atoms with E-state index in [-0.39, 0.29) is 41.2 Å². The first kappa shape index (κ1) is 35.0. The monoisotopic (exact) mass is 710 g/mol. The molecule has 1 aliphatic heterocycles. The Labute approximate surface area is 285 Å². The third-order valence-corrected chi connectivity index (χ3v) is 10.0. The summed E-state index contributed by atoms with van der Waals surface area (Å²) in [6, 6.07) is 17.1. The minimum atomic E-state index is -5.00. The number of pyridine rings is 1. The van der Waals surface area contributed by atoms with Crippen LogP contribution >= 0.6 is 0 Å². The van der Waals surface area contributed by atoms with Gasteiger partial charge >= 0.3 is 6.18 Å². The standard InChI is InChI=1S/C35H34F4N6O4S/c1-21-19-44(20-22(2)41-21)31-12-9-24(16-30(31)36)42-34-40-18-23-15-28(33(46)45(32(23)43-34)25-7-5-4-6-8-25)27-11-10-26(17-29(27)35(37,38)39)50(47,48)14-13-49-3/h4-12,15-18,21-22,41H,13-14,19-20H2,1-3H3,(H,40,42,43)/t21-,22?/m1/s1. The Hall–Kier alpha value is -4.86. The van der Waals surface area contributed by atoms with Crippen LogP contribution in [0.2, 0.25) is 0 Å². The van der Waals surface area contributed by atoms with E-state index in [1.807, 2.05) is 18.7 Å². The number of benzene rings is 3. The number of para-hydroxylation sites is 1. The van der Waals surface area contributed by atoms with Crippen LogP contribution in [0.5, 0.6) is 0 Å². The molecule has 0 bridgehead atoms. The van der Waals surface area contributed by atoms with Crippen molar-refractivity contribution in [3.63, 3.8) is 0 Å². The first-order valence-electron chi connectivity index (χ1n) is 15.7. The van der Waals surface area contributed by atoms with Crippen LogP contribution in [-0.2, 0) is 20.8 Å². The Balaban J connectivity index is 1.44. The number of aromatic nitrogens is 3. The summed E-state index contributed by atoms with van der Waals surface area (Å²) in [5.41, 5.74) is -1.77. The summed E-state index contributed by atoms with van der Waals surface area (Å²) >= 11 is 0. The highest BCUT2D eigenvalue weighted by molar-refractivity contribution is 7.91. The molecule has 2 aromatic heterocycles. The summed E-state index contributed by atoms with van der Waals surface area (Å²) in [5, 5.41) is 6.61. The Bertz CT molecular complexity index is 2200. The predicted octanol–water partition coefficient (Wildman–Crippen LogP) is 5.96. The number of sulfone groups is 1. The Morgan fingerprint density at radius 2 is 1.70 bits per heavy atom. The average Bonchev–Trinajstić information content (AvgIpc) is 3.06. The van der Waals surface area contributed by atoms with E-state index in [1.54, 1.807) is 42.5 Å². The maximum absolute atomic E-state index is 15.3. The molecule has 2 N–H and O–H groups in total. The van der Waals surface area contributed by atoms with E-state index in [1.165, 1.54) is 25.4 Å². The molecule has 2 atom stereocenters. The number of methoxy groups -OCH3 is 1. The molecule has 1 saturated heterocycles. The number of fused-ring (bicyclic) bond motifs is 1. The van der Waals surface area contributed by atoms with Crippen LogP contribution in [0.25, 0.3) is 27.8 Å². The molecule has 1 aliphatic rings. The normalized spacial score (nSPS) is 16.9. The SMILES string of the molecule is COCCS(=O)(=O)c1ccc(-c2cc3cnc(Nc4ccc(N5CC(C)N[C@H](C)C5)c(F)c4)nc3n(-c3ccccc3)c2=O)c(C(F)(F)F)c1. The molecule has 6 rings (SSSR count). The van der Waals surface area contributed by atoms with Gasteiger partial charge in [0.1, 0.15) is 5.82 Å². The molecule has 10 nitrogen and oxygen atoms in total. The van der Waals surface area contributed by atoms with Gasteiger partial charge in [-0.05, 0) is 67.9 Å². The van der Waals surface area contributed by atoms with E-state index in [9.17, 15) is 26.4 Å². The largest absolute Gasteiger partial charge is 0.417 e. The lowest BCUT2D eigenvalue weighted by atomic mass is 9.99. The highest BCUT2D eigenvalue weighted by Crippen LogP contribution is 2.38. The number of ether oxygens (including phenoxy) is 1. The van der Waals surface area contributed by atoms with Crippen molar-refractivity contribution in [2.75, 3.05) is 42.8 Å². The maximum atomic E-state index is 15.3. The van der Waals surface area contributed by atoms with Crippen LogP contribution in [0.15, 0.2) is 88.7 Å². The van der Waals surface area contributed by atoms with E-state index in [2.05, 4.69) is 20.6 Å². The second kappa shape index (κ2) is 13.8. The first-order valence-corrected chi connectivity index (χ1v) is 17.4. The van der Waals surface area contributed by atoms with E-state index < -0.39 is 49.2 Å². The molecule has 0 saturated carbocycles. The van der Waals surface area contributed by atoms with Crippen molar-refractivity contribution in [3.05, 3.63) is 101 Å². The number of nitrogens with zero attached hydrogens (tertiary/aromatic N) is 4. The third kappa shape index (κ3) is 7.20. The third-order valence-electron chi connectivity index (χ3n) is 8.36. The number of alkyl halides is 3. The molecule has 0 radical (unpaired) electrons. The van der Waals surface area contributed by atoms with Gasteiger partial charge in [0, 0.05) is 55.1 Å². The number of hydrogen-bond acceptors (Lipinski definition) is 9. The van der Waals surface area contributed by atoms with Gasteiger partial charge in [-0.2, -0.15) is 18.2 Å². The van der Waals surface area contributed by atoms with Crippen molar-refractivity contribution in [1.82, 2.24) is 19.9 Å². The van der Waals surface area contributed by atoms with Gasteiger partial charge in [-0.15, -0.1) is 0 Å². The summed E-state index contributed by atoms with van der Waals surface area (Å²) in [6.07, 6.45) is -3.66. The fraction of sp³-hybridized carbons (Fsp3) is 0.286. The summed E-state index contributed by atoms with van der Waals surface area (Å²) < 4.78 is 90.2. The first-order chi connectivity index (χ1) is 23.7. The van der Waals surface area contributed by atoms with Gasteiger partial charge in [0.2, 0.25) is 5.95 Å². The number of hydrogen-bond donors (Lipinski definition) is 2. The van der Waals surface area contributed by atoms with Crippen molar-refractivity contribution < 1.29 is 30.7 Å². The highest BCUT2D eigenvalue weighted by atomic mass is 32.2. The van der Waals surface area contributed by atoms with Crippen molar-refractivity contribution in [2.24, 2.45) is 0 Å². The van der Waals surface area contributed by atoms with Crippen molar-refractivity contribution in [3.8, 4) is 16.8 Å². The zero-order valence-electron chi connectivity index (χ0n) is 27.3. The van der Waals surface area contributed by atoms with Gasteiger partial charge in [0.25, 0.3) is 5.56 Å². The molecule has 0 amide bonds. The fourth-order valence-corrected chi connectivity index (χ4v) is 7.35. The molecular weight excluding hydrogens is 676 g/mol. The van der Waals surface area contributed by atoms with E-state index in [4.69, 9.17) is 4.74 Å². The number of anilines is 3. The van der Waals surface area contributed by atoms with E-state index in [0.29, 0.717) is 36.2 Å². The summed E-state index contributed by atoms with van der Waals surface area (Å²) in [5.74, 6) is -0.940. The zero-order valence-corrected chi connectivity index (χ0v) is 28.1. The molecule has 15 heteroatoms. The molecule has 262 valence electrons. The quantitative estimate of drug-likeness (QED) is 0.179. The molecule has 1 unspecified atom stereocenters. The summed E-state index contributed by atoms with van der Waals surface area (Å²) in [6.45, 7) is 5.15. The lowest BCUT2D eigenvalue weighted by Gasteiger charge is -2.37. The van der Waals surface area contributed by atoms with Crippen LogP contribution in [0.4, 0.5) is 34.9 Å². The zero-order chi connectivity index (χ0) is 35.8. The minimum Gasteiger partial charge on any atom is -0.384 e. The van der Waals surface area contributed by atoms with Gasteiger partial charge in [0.05, 0.1) is 34.2 Å². The molecule has 50 heavy (non-hydrogen) atoms. The van der Waals surface area contributed by atoms with Crippen molar-refractivity contribution in [1.29, 1.82) is 0 Å². The lowest BCUT2D eigenvalue weighted by Crippen LogP contribution is -2.54. The van der Waals surface area contributed by atoms with Gasteiger partial charge in [0.15, 0.2) is 15.5 Å². The Kier molecular flexibility index (Phi) is 9.66. The minimum absolute atomic E-state index is 0.0208. The van der Waals surface area contributed by atoms with Gasteiger partial charge < -0.3 is 20.3 Å². The molecular formula is C35H34F4N6O4S. The second-order valence-electron chi connectivity index (χ2n) is 12.2. The van der Waals surface area contributed by atoms with Crippen LogP contribution in [0, 0.1) is 5.82 Å². The number of rotatable bonds is 9. The topological polar surface area (TPSA) is 118 Å². The van der Waals surface area contributed by atoms with Crippen LogP contribution in [0.1, 0.15) is 19.4 Å². The fourth-order valence-electron chi connectivity index (χ4n) is 6.16. The predicted molar refractivity (Wildman–Crippen MR) is 183 cm³/mol. The van der Waals surface area contributed by atoms with Crippen LogP contribution in [0.3, 0.4) is 0 Å².